The molecule has 2 aromatic rings. The molecule has 0 bridgehead atoms. The van der Waals surface area contributed by atoms with E-state index in [4.69, 9.17) is 4.74 Å². The summed E-state index contributed by atoms with van der Waals surface area (Å²) >= 11 is 6.12. The summed E-state index contributed by atoms with van der Waals surface area (Å²) in [6.45, 7) is 1.35. The minimum absolute atomic E-state index is 0.0923. The maximum Gasteiger partial charge on any atom is 0.308 e. The Labute approximate surface area is 168 Å². The van der Waals surface area contributed by atoms with E-state index in [0.717, 1.165) is 31.9 Å². The number of hydrogen-bond donors (Lipinski definition) is 0. The van der Waals surface area contributed by atoms with E-state index in [9.17, 15) is 9.59 Å². The van der Waals surface area contributed by atoms with Gasteiger partial charge in [0.1, 0.15) is 15.8 Å². The van der Waals surface area contributed by atoms with Crippen molar-refractivity contribution in [1.82, 2.24) is 0 Å². The molecule has 7 heteroatoms. The Kier molecular flexibility index (Phi) is 6.34. The van der Waals surface area contributed by atoms with E-state index in [-0.39, 0.29) is 5.12 Å². The first-order chi connectivity index (χ1) is 12.5. The van der Waals surface area contributed by atoms with Crippen LogP contribution >= 0.6 is 39.5 Å². The standard InChI is InChI=1S/C19H14BrNO3S2/c1-12(22)24-15-7-8-16(20)14(9-15)10-17-18(23)26-19(21-17)25-11-13-5-3-2-4-6-13/h2-10H,11H2,1H3. The second-order valence-corrected chi connectivity index (χ2v) is 8.39. The highest BCUT2D eigenvalue weighted by molar-refractivity contribution is 9.10. The molecule has 0 saturated carbocycles. The molecule has 1 heterocycles. The van der Waals surface area contributed by atoms with Gasteiger partial charge in [-0.25, -0.2) is 4.99 Å². The van der Waals surface area contributed by atoms with Gasteiger partial charge < -0.3 is 4.74 Å². The number of aliphatic imine (C=N–C) groups is 1. The Bertz CT molecular complexity index is 910. The fourth-order valence-corrected chi connectivity index (χ4v) is 4.34. The van der Waals surface area contributed by atoms with E-state index in [1.54, 1.807) is 36.0 Å². The maximum absolute atomic E-state index is 12.2. The number of benzene rings is 2. The molecule has 0 N–H and O–H groups in total. The van der Waals surface area contributed by atoms with Crippen molar-refractivity contribution in [3.63, 3.8) is 0 Å². The molecule has 0 unspecified atom stereocenters. The Hall–Kier alpha value is -1.83. The average Bonchev–Trinajstić information content (AvgIpc) is 2.96. The minimum Gasteiger partial charge on any atom is -0.427 e. The quantitative estimate of drug-likeness (QED) is 0.362. The third kappa shape index (κ3) is 5.09. The van der Waals surface area contributed by atoms with Crippen molar-refractivity contribution < 1.29 is 14.3 Å². The zero-order valence-electron chi connectivity index (χ0n) is 13.8. The van der Waals surface area contributed by atoms with Crippen molar-refractivity contribution in [2.24, 2.45) is 4.99 Å². The van der Waals surface area contributed by atoms with Gasteiger partial charge >= 0.3 is 5.97 Å². The van der Waals surface area contributed by atoms with Crippen LogP contribution in [0.15, 0.2) is 63.7 Å². The molecule has 1 aliphatic heterocycles. The molecular weight excluding hydrogens is 434 g/mol. The van der Waals surface area contributed by atoms with Crippen LogP contribution in [0, 0.1) is 0 Å². The van der Waals surface area contributed by atoms with Gasteiger partial charge in [0.15, 0.2) is 0 Å². The summed E-state index contributed by atoms with van der Waals surface area (Å²) in [5, 5.41) is -0.0923. The van der Waals surface area contributed by atoms with Crippen LogP contribution in [0.25, 0.3) is 6.08 Å². The van der Waals surface area contributed by atoms with Gasteiger partial charge in [-0.05, 0) is 47.2 Å². The summed E-state index contributed by atoms with van der Waals surface area (Å²) in [6, 6.07) is 15.2. The molecule has 0 amide bonds. The first kappa shape index (κ1) is 18.9. The largest absolute Gasteiger partial charge is 0.427 e. The predicted molar refractivity (Wildman–Crippen MR) is 111 cm³/mol. The molecule has 0 aliphatic carbocycles. The number of carbonyl (C=O) groups is 2. The fourth-order valence-electron chi connectivity index (χ4n) is 2.18. The number of thioether (sulfide) groups is 2. The summed E-state index contributed by atoms with van der Waals surface area (Å²) in [5.74, 6) is 0.795. The van der Waals surface area contributed by atoms with Gasteiger partial charge in [0.2, 0.25) is 5.12 Å². The molecule has 2 aromatic carbocycles. The molecule has 0 aromatic heterocycles. The van der Waals surface area contributed by atoms with Crippen molar-refractivity contribution in [1.29, 1.82) is 0 Å². The highest BCUT2D eigenvalue weighted by Gasteiger charge is 2.22. The van der Waals surface area contributed by atoms with Crippen LogP contribution in [0.2, 0.25) is 0 Å². The summed E-state index contributed by atoms with van der Waals surface area (Å²) in [5.41, 5.74) is 2.29. The number of esters is 1. The lowest BCUT2D eigenvalue weighted by Gasteiger charge is -2.04. The SMILES string of the molecule is CC(=O)Oc1ccc(Br)c(C=C2N=C(SCc3ccccc3)SC2=O)c1. The zero-order chi connectivity index (χ0) is 18.5. The fraction of sp³-hybridized carbons (Fsp3) is 0.105. The van der Waals surface area contributed by atoms with E-state index in [0.29, 0.717) is 11.4 Å². The van der Waals surface area contributed by atoms with Gasteiger partial charge in [-0.2, -0.15) is 0 Å². The van der Waals surface area contributed by atoms with E-state index >= 15 is 0 Å². The topological polar surface area (TPSA) is 55.7 Å². The molecule has 132 valence electrons. The second-order valence-electron chi connectivity index (χ2n) is 5.35. The lowest BCUT2D eigenvalue weighted by atomic mass is 10.2. The number of ether oxygens (including phenoxy) is 1. The van der Waals surface area contributed by atoms with Gasteiger partial charge in [0.25, 0.3) is 0 Å². The molecule has 3 rings (SSSR count). The minimum atomic E-state index is -0.393. The van der Waals surface area contributed by atoms with Crippen LogP contribution in [-0.2, 0) is 15.3 Å². The van der Waals surface area contributed by atoms with E-state index in [1.165, 1.54) is 12.5 Å². The Morgan fingerprint density at radius 1 is 1.27 bits per heavy atom. The summed E-state index contributed by atoms with van der Waals surface area (Å²) < 4.78 is 6.62. The van der Waals surface area contributed by atoms with Crippen LogP contribution in [0.5, 0.6) is 5.75 Å². The molecule has 1 aliphatic rings. The lowest BCUT2D eigenvalue weighted by Crippen LogP contribution is -2.01. The van der Waals surface area contributed by atoms with Crippen LogP contribution < -0.4 is 4.74 Å². The summed E-state index contributed by atoms with van der Waals surface area (Å²) in [6.07, 6.45) is 1.70. The van der Waals surface area contributed by atoms with Gasteiger partial charge in [-0.15, -0.1) is 0 Å². The molecular formula is C19H14BrNO3S2. The maximum atomic E-state index is 12.2. The van der Waals surface area contributed by atoms with Crippen LogP contribution in [0.4, 0.5) is 0 Å². The van der Waals surface area contributed by atoms with Gasteiger partial charge in [-0.3, -0.25) is 9.59 Å². The third-order valence-corrected chi connectivity index (χ3v) is 6.13. The van der Waals surface area contributed by atoms with Crippen LogP contribution in [0.1, 0.15) is 18.1 Å². The molecule has 4 nitrogen and oxygen atoms in total. The monoisotopic (exact) mass is 447 g/mol. The predicted octanol–water partition coefficient (Wildman–Crippen LogP) is 5.28. The van der Waals surface area contributed by atoms with Crippen molar-refractivity contribution in [2.45, 2.75) is 12.7 Å². The highest BCUT2D eigenvalue weighted by atomic mass is 79.9. The third-order valence-electron chi connectivity index (χ3n) is 3.33. The molecule has 0 saturated heterocycles. The Morgan fingerprint density at radius 3 is 2.77 bits per heavy atom. The number of rotatable bonds is 4. The van der Waals surface area contributed by atoms with Crippen molar-refractivity contribution in [2.75, 3.05) is 0 Å². The number of carbonyl (C=O) groups excluding carboxylic acids is 2. The number of halogens is 1. The Balaban J connectivity index is 1.76. The first-order valence-corrected chi connectivity index (χ1v) is 10.3. The van der Waals surface area contributed by atoms with Crippen molar-refractivity contribution >= 4 is 61.0 Å². The highest BCUT2D eigenvalue weighted by Crippen LogP contribution is 2.34. The van der Waals surface area contributed by atoms with Crippen LogP contribution in [-0.4, -0.2) is 15.5 Å². The van der Waals surface area contributed by atoms with Gasteiger partial charge in [0, 0.05) is 17.1 Å². The molecule has 0 atom stereocenters. The second kappa shape index (κ2) is 8.70. The summed E-state index contributed by atoms with van der Waals surface area (Å²) in [7, 11) is 0. The molecule has 0 spiro atoms. The van der Waals surface area contributed by atoms with Crippen molar-refractivity contribution in [3.05, 3.63) is 69.8 Å². The first-order valence-electron chi connectivity index (χ1n) is 7.68. The van der Waals surface area contributed by atoms with Crippen LogP contribution in [0.3, 0.4) is 0 Å². The van der Waals surface area contributed by atoms with E-state index in [1.807, 2.05) is 30.3 Å². The smallest absolute Gasteiger partial charge is 0.308 e. The van der Waals surface area contributed by atoms with E-state index in [2.05, 4.69) is 20.9 Å². The molecule has 26 heavy (non-hydrogen) atoms. The van der Waals surface area contributed by atoms with E-state index < -0.39 is 5.97 Å². The molecule has 0 radical (unpaired) electrons. The average molecular weight is 448 g/mol. The summed E-state index contributed by atoms with van der Waals surface area (Å²) in [4.78, 5) is 27.8. The number of nitrogens with zero attached hydrogens (tertiary/aromatic N) is 1. The van der Waals surface area contributed by atoms with Crippen molar-refractivity contribution in [3.8, 4) is 5.75 Å². The lowest BCUT2D eigenvalue weighted by molar-refractivity contribution is -0.131. The number of hydrogen-bond acceptors (Lipinski definition) is 6. The van der Waals surface area contributed by atoms with Gasteiger partial charge in [-0.1, -0.05) is 58.0 Å². The molecule has 0 fully saturated rings. The zero-order valence-corrected chi connectivity index (χ0v) is 17.0. The van der Waals surface area contributed by atoms with Gasteiger partial charge in [0.05, 0.1) is 0 Å². The Morgan fingerprint density at radius 2 is 2.04 bits per heavy atom. The normalized spacial score (nSPS) is 15.2.